The van der Waals surface area contributed by atoms with Crippen molar-refractivity contribution in [2.24, 2.45) is 0 Å². The first-order valence-electron chi connectivity index (χ1n) is 6.93. The third kappa shape index (κ3) is 5.46. The molecule has 20 heavy (non-hydrogen) atoms. The number of likely N-dealkylation sites (tertiary alicyclic amines) is 1. The smallest absolute Gasteiger partial charge is 0.230 e. The molecule has 0 aromatic heterocycles. The first-order chi connectivity index (χ1) is 9.63. The summed E-state index contributed by atoms with van der Waals surface area (Å²) < 4.78 is 1.09. The van der Waals surface area contributed by atoms with Crippen LogP contribution >= 0.6 is 27.7 Å². The van der Waals surface area contributed by atoms with Crippen LogP contribution in [0.2, 0.25) is 0 Å². The summed E-state index contributed by atoms with van der Waals surface area (Å²) >= 11 is 5.09. The fraction of sp³-hybridized carbons (Fsp3) is 0.533. The summed E-state index contributed by atoms with van der Waals surface area (Å²) in [6, 6.07) is 8.62. The maximum atomic E-state index is 11.9. The van der Waals surface area contributed by atoms with E-state index in [1.54, 1.807) is 11.8 Å². The van der Waals surface area contributed by atoms with Gasteiger partial charge in [0.1, 0.15) is 0 Å². The number of amides is 1. The normalized spacial score (nSPS) is 17.1. The highest BCUT2D eigenvalue weighted by molar-refractivity contribution is 9.10. The SMILES string of the molecule is CN1CCC(NC(=O)CSCc2ccc(Br)cc2)CC1. The summed E-state index contributed by atoms with van der Waals surface area (Å²) in [6.07, 6.45) is 2.14. The molecule has 1 amide bonds. The number of benzene rings is 1. The van der Waals surface area contributed by atoms with E-state index in [1.807, 2.05) is 12.1 Å². The average Bonchev–Trinajstić information content (AvgIpc) is 2.44. The van der Waals surface area contributed by atoms with Crippen LogP contribution < -0.4 is 5.32 Å². The number of nitrogens with zero attached hydrogens (tertiary/aromatic N) is 1. The Hall–Kier alpha value is -0.520. The lowest BCUT2D eigenvalue weighted by molar-refractivity contribution is -0.119. The molecule has 0 spiro atoms. The number of hydrogen-bond donors (Lipinski definition) is 1. The van der Waals surface area contributed by atoms with Gasteiger partial charge in [0.05, 0.1) is 5.75 Å². The van der Waals surface area contributed by atoms with Gasteiger partial charge in [-0.15, -0.1) is 11.8 Å². The van der Waals surface area contributed by atoms with E-state index >= 15 is 0 Å². The van der Waals surface area contributed by atoms with Crippen LogP contribution in [0.5, 0.6) is 0 Å². The Morgan fingerprint density at radius 1 is 1.35 bits per heavy atom. The van der Waals surface area contributed by atoms with Crippen molar-refractivity contribution in [1.29, 1.82) is 0 Å². The minimum absolute atomic E-state index is 0.168. The van der Waals surface area contributed by atoms with E-state index in [0.29, 0.717) is 11.8 Å². The van der Waals surface area contributed by atoms with Crippen molar-refractivity contribution in [3.05, 3.63) is 34.3 Å². The van der Waals surface area contributed by atoms with Gasteiger partial charge < -0.3 is 10.2 Å². The number of rotatable bonds is 5. The first-order valence-corrected chi connectivity index (χ1v) is 8.88. The summed E-state index contributed by atoms with van der Waals surface area (Å²) in [5.74, 6) is 1.60. The van der Waals surface area contributed by atoms with E-state index in [4.69, 9.17) is 0 Å². The van der Waals surface area contributed by atoms with Crippen LogP contribution in [0.25, 0.3) is 0 Å². The van der Waals surface area contributed by atoms with Gasteiger partial charge in [0.25, 0.3) is 0 Å². The largest absolute Gasteiger partial charge is 0.353 e. The lowest BCUT2D eigenvalue weighted by Gasteiger charge is -2.29. The molecule has 110 valence electrons. The molecule has 1 N–H and O–H groups in total. The van der Waals surface area contributed by atoms with Crippen LogP contribution in [0.1, 0.15) is 18.4 Å². The molecule has 0 unspecified atom stereocenters. The number of carbonyl (C=O) groups is 1. The summed E-state index contributed by atoms with van der Waals surface area (Å²) in [5.41, 5.74) is 1.25. The Bertz CT molecular complexity index is 430. The molecule has 0 aliphatic carbocycles. The number of hydrogen-bond acceptors (Lipinski definition) is 3. The number of carbonyl (C=O) groups excluding carboxylic acids is 1. The Morgan fingerprint density at radius 2 is 2.00 bits per heavy atom. The molecule has 1 aromatic rings. The van der Waals surface area contributed by atoms with Crippen molar-refractivity contribution in [3.8, 4) is 0 Å². The molecule has 1 saturated heterocycles. The standard InChI is InChI=1S/C15H21BrN2OS/c1-18-8-6-14(7-9-18)17-15(19)11-20-10-12-2-4-13(16)5-3-12/h2-5,14H,6-11H2,1H3,(H,17,19). The van der Waals surface area contributed by atoms with Crippen LogP contribution in [0.4, 0.5) is 0 Å². The molecular formula is C15H21BrN2OS. The molecule has 3 nitrogen and oxygen atoms in total. The summed E-state index contributed by atoms with van der Waals surface area (Å²) in [5, 5.41) is 3.14. The van der Waals surface area contributed by atoms with Crippen LogP contribution in [0, 0.1) is 0 Å². The van der Waals surface area contributed by atoms with E-state index in [1.165, 1.54) is 5.56 Å². The maximum absolute atomic E-state index is 11.9. The Morgan fingerprint density at radius 3 is 2.65 bits per heavy atom. The van der Waals surface area contributed by atoms with Gasteiger partial charge in [-0.25, -0.2) is 0 Å². The minimum atomic E-state index is 0.168. The predicted molar refractivity (Wildman–Crippen MR) is 89.0 cm³/mol. The zero-order valence-corrected chi connectivity index (χ0v) is 14.2. The zero-order valence-electron chi connectivity index (χ0n) is 11.8. The quantitative estimate of drug-likeness (QED) is 0.880. The molecule has 0 atom stereocenters. The minimum Gasteiger partial charge on any atom is -0.353 e. The Labute approximate surface area is 133 Å². The molecule has 2 rings (SSSR count). The van der Waals surface area contributed by atoms with Gasteiger partial charge in [-0.05, 0) is 50.7 Å². The highest BCUT2D eigenvalue weighted by atomic mass is 79.9. The molecule has 0 saturated carbocycles. The Kier molecular flexibility index (Phi) is 6.39. The molecule has 1 heterocycles. The van der Waals surface area contributed by atoms with Gasteiger partial charge in [-0.1, -0.05) is 28.1 Å². The number of halogens is 1. The highest BCUT2D eigenvalue weighted by Crippen LogP contribution is 2.16. The van der Waals surface area contributed by atoms with E-state index < -0.39 is 0 Å². The van der Waals surface area contributed by atoms with Crippen LogP contribution in [0.3, 0.4) is 0 Å². The second kappa shape index (κ2) is 8.05. The van der Waals surface area contributed by atoms with Gasteiger partial charge in [-0.2, -0.15) is 0 Å². The number of thioether (sulfide) groups is 1. The lowest BCUT2D eigenvalue weighted by atomic mass is 10.1. The third-order valence-corrected chi connectivity index (χ3v) is 5.03. The zero-order chi connectivity index (χ0) is 14.4. The number of nitrogens with one attached hydrogen (secondary N) is 1. The van der Waals surface area contributed by atoms with Crippen molar-refractivity contribution >= 4 is 33.6 Å². The van der Waals surface area contributed by atoms with Crippen LogP contribution in [0.15, 0.2) is 28.7 Å². The fourth-order valence-electron chi connectivity index (χ4n) is 2.26. The average molecular weight is 357 g/mol. The van der Waals surface area contributed by atoms with Gasteiger partial charge in [0.2, 0.25) is 5.91 Å². The van der Waals surface area contributed by atoms with Crippen molar-refractivity contribution in [1.82, 2.24) is 10.2 Å². The third-order valence-electron chi connectivity index (χ3n) is 3.50. The Balaban J connectivity index is 1.64. The van der Waals surface area contributed by atoms with Gasteiger partial charge in [0, 0.05) is 16.3 Å². The van der Waals surface area contributed by atoms with E-state index in [9.17, 15) is 4.79 Å². The molecule has 0 bridgehead atoms. The second-order valence-electron chi connectivity index (χ2n) is 5.26. The van der Waals surface area contributed by atoms with Crippen molar-refractivity contribution < 1.29 is 4.79 Å². The summed E-state index contributed by atoms with van der Waals surface area (Å²) in [7, 11) is 2.13. The van der Waals surface area contributed by atoms with Crippen molar-refractivity contribution in [3.63, 3.8) is 0 Å². The molecule has 1 aliphatic heterocycles. The maximum Gasteiger partial charge on any atom is 0.230 e. The molecule has 0 radical (unpaired) electrons. The summed E-state index contributed by atoms with van der Waals surface area (Å²) in [6.45, 7) is 2.16. The molecule has 1 aromatic carbocycles. The fourth-order valence-corrected chi connectivity index (χ4v) is 3.33. The second-order valence-corrected chi connectivity index (χ2v) is 7.17. The van der Waals surface area contributed by atoms with E-state index in [-0.39, 0.29) is 5.91 Å². The van der Waals surface area contributed by atoms with Gasteiger partial charge >= 0.3 is 0 Å². The molecular weight excluding hydrogens is 336 g/mol. The van der Waals surface area contributed by atoms with Crippen molar-refractivity contribution in [2.45, 2.75) is 24.6 Å². The van der Waals surface area contributed by atoms with Gasteiger partial charge in [0.15, 0.2) is 0 Å². The highest BCUT2D eigenvalue weighted by Gasteiger charge is 2.18. The first kappa shape index (κ1) is 15.9. The molecule has 5 heteroatoms. The van der Waals surface area contributed by atoms with E-state index in [2.05, 4.69) is 45.3 Å². The van der Waals surface area contributed by atoms with Crippen LogP contribution in [-0.4, -0.2) is 42.7 Å². The topological polar surface area (TPSA) is 32.3 Å². The molecule has 1 fully saturated rings. The van der Waals surface area contributed by atoms with E-state index in [0.717, 1.165) is 36.2 Å². The van der Waals surface area contributed by atoms with Crippen LogP contribution in [-0.2, 0) is 10.5 Å². The monoisotopic (exact) mass is 356 g/mol. The number of piperidine rings is 1. The lowest BCUT2D eigenvalue weighted by Crippen LogP contribution is -2.43. The van der Waals surface area contributed by atoms with Gasteiger partial charge in [-0.3, -0.25) is 4.79 Å². The van der Waals surface area contributed by atoms with Crippen molar-refractivity contribution in [2.75, 3.05) is 25.9 Å². The summed E-state index contributed by atoms with van der Waals surface area (Å²) in [4.78, 5) is 14.2. The molecule has 1 aliphatic rings. The predicted octanol–water partition coefficient (Wildman–Crippen LogP) is 2.89.